The Morgan fingerprint density at radius 2 is 1.50 bits per heavy atom. The normalized spacial score (nSPS) is 13.3. The monoisotopic (exact) mass is 347 g/mol. The lowest BCUT2D eigenvalue weighted by Gasteiger charge is -2.15. The zero-order valence-corrected chi connectivity index (χ0v) is 11.7. The molecule has 2 N–H and O–H groups in total. The average Bonchev–Trinajstić information content (AvgIpc) is 2.37. The summed E-state index contributed by atoms with van der Waals surface area (Å²) in [5.74, 6) is -1.32. The van der Waals surface area contributed by atoms with Gasteiger partial charge in [-0.2, -0.15) is 13.2 Å². The number of nitrogens with two attached hydrogens (primary N) is 1. The molecule has 0 aliphatic rings. The predicted molar refractivity (Wildman–Crippen MR) is 71.6 cm³/mol. The van der Waals surface area contributed by atoms with Crippen molar-refractivity contribution in [3.05, 3.63) is 69.4 Å². The van der Waals surface area contributed by atoms with Gasteiger partial charge in [-0.15, -0.1) is 0 Å². The standard InChI is InChI=1S/C14H10BrF4N/c15-10-4-1-8(2-5-10)13(20)9-3-6-11(12(16)7-9)14(17,18)19/h1-7,13H,20H2. The smallest absolute Gasteiger partial charge is 0.320 e. The Labute approximate surface area is 121 Å². The van der Waals surface area contributed by atoms with Gasteiger partial charge in [-0.3, -0.25) is 0 Å². The van der Waals surface area contributed by atoms with Crippen molar-refractivity contribution >= 4 is 15.9 Å². The van der Waals surface area contributed by atoms with Crippen molar-refractivity contribution in [3.63, 3.8) is 0 Å². The lowest BCUT2D eigenvalue weighted by Crippen LogP contribution is -2.14. The van der Waals surface area contributed by atoms with Crippen LogP contribution in [0.15, 0.2) is 46.9 Å². The third kappa shape index (κ3) is 3.19. The van der Waals surface area contributed by atoms with Crippen molar-refractivity contribution in [1.29, 1.82) is 0 Å². The van der Waals surface area contributed by atoms with Gasteiger partial charge in [-0.05, 0) is 35.4 Å². The van der Waals surface area contributed by atoms with Gasteiger partial charge in [0, 0.05) is 4.47 Å². The Balaban J connectivity index is 2.34. The van der Waals surface area contributed by atoms with Crippen LogP contribution in [-0.2, 0) is 6.18 Å². The Morgan fingerprint density at radius 1 is 0.950 bits per heavy atom. The molecule has 0 bridgehead atoms. The van der Waals surface area contributed by atoms with Crippen LogP contribution in [0.2, 0.25) is 0 Å². The van der Waals surface area contributed by atoms with Gasteiger partial charge in [0.25, 0.3) is 0 Å². The minimum absolute atomic E-state index is 0.290. The highest BCUT2D eigenvalue weighted by Crippen LogP contribution is 2.33. The van der Waals surface area contributed by atoms with E-state index in [0.717, 1.165) is 10.5 Å². The fraction of sp³-hybridized carbons (Fsp3) is 0.143. The molecule has 0 heterocycles. The molecule has 2 aromatic rings. The summed E-state index contributed by atoms with van der Waals surface area (Å²) in [6.07, 6.45) is -4.70. The topological polar surface area (TPSA) is 26.0 Å². The maximum Gasteiger partial charge on any atom is 0.419 e. The van der Waals surface area contributed by atoms with E-state index in [-0.39, 0.29) is 5.56 Å². The van der Waals surface area contributed by atoms with Crippen LogP contribution in [0.3, 0.4) is 0 Å². The molecule has 0 spiro atoms. The summed E-state index contributed by atoms with van der Waals surface area (Å²) >= 11 is 3.27. The van der Waals surface area contributed by atoms with Gasteiger partial charge in [0.1, 0.15) is 5.82 Å². The molecule has 1 nitrogen and oxygen atoms in total. The first-order chi connectivity index (χ1) is 9.29. The van der Waals surface area contributed by atoms with E-state index in [9.17, 15) is 17.6 Å². The summed E-state index contributed by atoms with van der Waals surface area (Å²) < 4.78 is 51.8. The zero-order chi connectivity index (χ0) is 14.9. The summed E-state index contributed by atoms with van der Waals surface area (Å²) in [7, 11) is 0. The summed E-state index contributed by atoms with van der Waals surface area (Å²) in [5.41, 5.74) is 5.62. The van der Waals surface area contributed by atoms with Crippen LogP contribution in [0, 0.1) is 5.82 Å². The average molecular weight is 348 g/mol. The molecular weight excluding hydrogens is 338 g/mol. The summed E-state index contributed by atoms with van der Waals surface area (Å²) in [6, 6.07) is 9.03. The van der Waals surface area contributed by atoms with Crippen molar-refractivity contribution in [2.45, 2.75) is 12.2 Å². The molecule has 1 atom stereocenters. The molecule has 1 unspecified atom stereocenters. The highest BCUT2D eigenvalue weighted by atomic mass is 79.9. The number of hydrogen-bond acceptors (Lipinski definition) is 1. The molecule has 6 heteroatoms. The molecule has 20 heavy (non-hydrogen) atoms. The summed E-state index contributed by atoms with van der Waals surface area (Å²) in [4.78, 5) is 0. The lowest BCUT2D eigenvalue weighted by atomic mass is 9.98. The van der Waals surface area contributed by atoms with Crippen LogP contribution in [-0.4, -0.2) is 0 Å². The molecule has 0 radical (unpaired) electrons. The summed E-state index contributed by atoms with van der Waals surface area (Å²) in [5, 5.41) is 0. The van der Waals surface area contributed by atoms with Crippen LogP contribution in [0.25, 0.3) is 0 Å². The number of alkyl halides is 3. The van der Waals surface area contributed by atoms with Crippen molar-refractivity contribution in [3.8, 4) is 0 Å². The fourth-order valence-electron chi connectivity index (χ4n) is 1.82. The van der Waals surface area contributed by atoms with Crippen molar-refractivity contribution in [2.24, 2.45) is 5.73 Å². The zero-order valence-electron chi connectivity index (χ0n) is 10.1. The molecule has 0 amide bonds. The minimum Gasteiger partial charge on any atom is -0.320 e. The Morgan fingerprint density at radius 3 is 2.00 bits per heavy atom. The fourth-order valence-corrected chi connectivity index (χ4v) is 2.08. The van der Waals surface area contributed by atoms with Gasteiger partial charge in [0.05, 0.1) is 11.6 Å². The van der Waals surface area contributed by atoms with E-state index >= 15 is 0 Å². The Bertz CT molecular complexity index is 608. The van der Waals surface area contributed by atoms with E-state index in [1.165, 1.54) is 6.07 Å². The largest absolute Gasteiger partial charge is 0.419 e. The maximum atomic E-state index is 13.5. The number of benzene rings is 2. The van der Waals surface area contributed by atoms with E-state index in [1.54, 1.807) is 24.3 Å². The first-order valence-corrected chi connectivity index (χ1v) is 6.46. The quantitative estimate of drug-likeness (QED) is 0.786. The van der Waals surface area contributed by atoms with Gasteiger partial charge in [-0.25, -0.2) is 4.39 Å². The van der Waals surface area contributed by atoms with Crippen LogP contribution in [0.1, 0.15) is 22.7 Å². The van der Waals surface area contributed by atoms with E-state index in [2.05, 4.69) is 15.9 Å². The van der Waals surface area contributed by atoms with Crippen molar-refractivity contribution in [1.82, 2.24) is 0 Å². The van der Waals surface area contributed by atoms with Crippen LogP contribution >= 0.6 is 15.9 Å². The molecule has 106 valence electrons. The van der Waals surface area contributed by atoms with Gasteiger partial charge in [-0.1, -0.05) is 34.1 Å². The lowest BCUT2D eigenvalue weighted by molar-refractivity contribution is -0.140. The van der Waals surface area contributed by atoms with Crippen LogP contribution in [0.4, 0.5) is 17.6 Å². The van der Waals surface area contributed by atoms with Crippen molar-refractivity contribution in [2.75, 3.05) is 0 Å². The van der Waals surface area contributed by atoms with Crippen LogP contribution in [0.5, 0.6) is 0 Å². The van der Waals surface area contributed by atoms with Gasteiger partial charge in [0.15, 0.2) is 0 Å². The molecule has 0 fully saturated rings. The Hall–Kier alpha value is -1.40. The van der Waals surface area contributed by atoms with E-state index < -0.39 is 23.6 Å². The van der Waals surface area contributed by atoms with E-state index in [4.69, 9.17) is 5.73 Å². The third-order valence-corrected chi connectivity index (χ3v) is 3.42. The highest BCUT2D eigenvalue weighted by molar-refractivity contribution is 9.10. The second-order valence-electron chi connectivity index (χ2n) is 4.27. The molecule has 2 aromatic carbocycles. The molecule has 2 rings (SSSR count). The molecular formula is C14H10BrF4N. The van der Waals surface area contributed by atoms with E-state index in [1.807, 2.05) is 0 Å². The minimum atomic E-state index is -4.70. The Kier molecular flexibility index (Phi) is 4.15. The first kappa shape index (κ1) is 15.0. The SMILES string of the molecule is NC(c1ccc(Br)cc1)c1ccc(C(F)(F)F)c(F)c1. The second kappa shape index (κ2) is 5.54. The van der Waals surface area contributed by atoms with Crippen molar-refractivity contribution < 1.29 is 17.6 Å². The van der Waals surface area contributed by atoms with E-state index in [0.29, 0.717) is 11.6 Å². The van der Waals surface area contributed by atoms with Gasteiger partial charge >= 0.3 is 6.18 Å². The highest BCUT2D eigenvalue weighted by Gasteiger charge is 2.34. The first-order valence-electron chi connectivity index (χ1n) is 5.66. The molecule has 0 aliphatic heterocycles. The molecule has 0 aliphatic carbocycles. The summed E-state index contributed by atoms with van der Waals surface area (Å²) in [6.45, 7) is 0. The number of halogens is 5. The van der Waals surface area contributed by atoms with Crippen LogP contribution < -0.4 is 5.73 Å². The maximum absolute atomic E-state index is 13.5. The molecule has 0 saturated carbocycles. The molecule has 0 saturated heterocycles. The number of hydrogen-bond donors (Lipinski definition) is 1. The van der Waals surface area contributed by atoms with Gasteiger partial charge in [0.2, 0.25) is 0 Å². The predicted octanol–water partition coefficient (Wildman–Crippen LogP) is 4.66. The van der Waals surface area contributed by atoms with Gasteiger partial charge < -0.3 is 5.73 Å². The number of rotatable bonds is 2. The third-order valence-electron chi connectivity index (χ3n) is 2.89. The molecule has 0 aromatic heterocycles. The second-order valence-corrected chi connectivity index (χ2v) is 5.18.